The third kappa shape index (κ3) is 3.90. The summed E-state index contributed by atoms with van der Waals surface area (Å²) in [7, 11) is 0. The summed E-state index contributed by atoms with van der Waals surface area (Å²) in [5.74, 6) is 1.76. The average molecular weight is 417 g/mol. The van der Waals surface area contributed by atoms with Gasteiger partial charge in [0.15, 0.2) is 11.9 Å². The highest BCUT2D eigenvalue weighted by Crippen LogP contribution is 2.35. The number of aromatic nitrogens is 2. The summed E-state index contributed by atoms with van der Waals surface area (Å²) in [6.45, 7) is 5.53. The first-order chi connectivity index (χ1) is 13.5. The molecule has 0 fully saturated rings. The summed E-state index contributed by atoms with van der Waals surface area (Å²) in [5, 5.41) is 2.00. The highest BCUT2D eigenvalue weighted by atomic mass is 35.5. The van der Waals surface area contributed by atoms with E-state index >= 15 is 0 Å². The van der Waals surface area contributed by atoms with E-state index in [9.17, 15) is 4.79 Å². The highest BCUT2D eigenvalue weighted by Gasteiger charge is 2.18. The second-order valence-electron chi connectivity index (χ2n) is 7.17. The van der Waals surface area contributed by atoms with Crippen molar-refractivity contribution in [2.75, 3.05) is 6.79 Å². The van der Waals surface area contributed by atoms with E-state index in [1.807, 2.05) is 36.4 Å². The van der Waals surface area contributed by atoms with Gasteiger partial charge in [0.2, 0.25) is 0 Å². The molecule has 0 aliphatic carbocycles. The Morgan fingerprint density at radius 2 is 2.11 bits per heavy atom. The molecule has 1 aliphatic rings. The molecule has 5 nitrogen and oxygen atoms in total. The highest BCUT2D eigenvalue weighted by molar-refractivity contribution is 7.98. The van der Waals surface area contributed by atoms with Crippen LogP contribution in [-0.4, -0.2) is 16.3 Å². The zero-order valence-corrected chi connectivity index (χ0v) is 17.3. The van der Waals surface area contributed by atoms with E-state index < -0.39 is 0 Å². The maximum atomic E-state index is 13.0. The Bertz CT molecular complexity index is 1080. The SMILES string of the molecule is CC(C)Cn1c(SCc2cc(Cl)cc3c2OCOC3)nc2ccccc2c1=O. The second kappa shape index (κ2) is 8.15. The van der Waals surface area contributed by atoms with Crippen LogP contribution in [0.25, 0.3) is 10.9 Å². The predicted molar refractivity (Wildman–Crippen MR) is 112 cm³/mol. The van der Waals surface area contributed by atoms with Crippen LogP contribution in [-0.2, 0) is 23.6 Å². The van der Waals surface area contributed by atoms with Crippen molar-refractivity contribution in [3.8, 4) is 5.75 Å². The Kier molecular flexibility index (Phi) is 5.62. The Morgan fingerprint density at radius 3 is 2.93 bits per heavy atom. The van der Waals surface area contributed by atoms with Gasteiger partial charge in [-0.25, -0.2) is 4.98 Å². The number of halogens is 1. The van der Waals surface area contributed by atoms with Gasteiger partial charge >= 0.3 is 0 Å². The zero-order chi connectivity index (χ0) is 19.7. The van der Waals surface area contributed by atoms with E-state index in [-0.39, 0.29) is 12.4 Å². The van der Waals surface area contributed by atoms with E-state index in [2.05, 4.69) is 13.8 Å². The Labute approximate surface area is 172 Å². The summed E-state index contributed by atoms with van der Waals surface area (Å²) in [4.78, 5) is 17.8. The topological polar surface area (TPSA) is 53.4 Å². The number of ether oxygens (including phenoxy) is 2. The van der Waals surface area contributed by atoms with Gasteiger partial charge in [-0.2, -0.15) is 0 Å². The van der Waals surface area contributed by atoms with Gasteiger partial charge in [-0.05, 0) is 30.2 Å². The van der Waals surface area contributed by atoms with E-state index in [0.717, 1.165) is 16.9 Å². The lowest BCUT2D eigenvalue weighted by Gasteiger charge is -2.21. The number of fused-ring (bicyclic) bond motifs is 2. The first kappa shape index (κ1) is 19.3. The minimum Gasteiger partial charge on any atom is -0.467 e. The van der Waals surface area contributed by atoms with E-state index in [1.165, 1.54) is 11.8 Å². The van der Waals surface area contributed by atoms with Crippen LogP contribution < -0.4 is 10.3 Å². The summed E-state index contributed by atoms with van der Waals surface area (Å²) in [6, 6.07) is 11.3. The second-order valence-corrected chi connectivity index (χ2v) is 8.55. The molecule has 0 radical (unpaired) electrons. The summed E-state index contributed by atoms with van der Waals surface area (Å²) in [6.07, 6.45) is 0. The minimum absolute atomic E-state index is 0.000395. The molecule has 1 aromatic heterocycles. The van der Waals surface area contributed by atoms with Crippen molar-refractivity contribution in [1.82, 2.24) is 9.55 Å². The van der Waals surface area contributed by atoms with Gasteiger partial charge in [0, 0.05) is 28.4 Å². The van der Waals surface area contributed by atoms with Crippen LogP contribution >= 0.6 is 23.4 Å². The van der Waals surface area contributed by atoms with Crippen molar-refractivity contribution in [2.45, 2.75) is 37.9 Å². The van der Waals surface area contributed by atoms with Crippen molar-refractivity contribution >= 4 is 34.3 Å². The first-order valence-corrected chi connectivity index (χ1v) is 10.5. The van der Waals surface area contributed by atoms with Crippen molar-refractivity contribution in [1.29, 1.82) is 0 Å². The van der Waals surface area contributed by atoms with Crippen molar-refractivity contribution in [3.63, 3.8) is 0 Å². The molecule has 4 rings (SSSR count). The smallest absolute Gasteiger partial charge is 0.262 e. The molecule has 0 saturated heterocycles. The van der Waals surface area contributed by atoms with E-state index in [4.69, 9.17) is 26.1 Å². The molecule has 1 aliphatic heterocycles. The largest absolute Gasteiger partial charge is 0.467 e. The first-order valence-electron chi connectivity index (χ1n) is 9.17. The van der Waals surface area contributed by atoms with Gasteiger partial charge in [0.1, 0.15) is 5.75 Å². The number of benzene rings is 2. The van der Waals surface area contributed by atoms with E-state index in [1.54, 1.807) is 4.57 Å². The molecule has 0 saturated carbocycles. The third-order valence-electron chi connectivity index (χ3n) is 4.48. The number of rotatable bonds is 5. The van der Waals surface area contributed by atoms with Gasteiger partial charge in [-0.15, -0.1) is 0 Å². The number of para-hydroxylation sites is 1. The monoisotopic (exact) mass is 416 g/mol. The maximum Gasteiger partial charge on any atom is 0.262 e. The maximum absolute atomic E-state index is 13.0. The van der Waals surface area contributed by atoms with Crippen LogP contribution in [0.4, 0.5) is 0 Å². The Hall–Kier alpha value is -2.02. The van der Waals surface area contributed by atoms with Crippen LogP contribution in [0.2, 0.25) is 5.02 Å². The van der Waals surface area contributed by atoms with Gasteiger partial charge in [-0.3, -0.25) is 9.36 Å². The molecule has 0 N–H and O–H groups in total. The molecular formula is C21H21ClN2O3S. The number of hydrogen-bond acceptors (Lipinski definition) is 5. The van der Waals surface area contributed by atoms with Crippen LogP contribution in [0.15, 0.2) is 46.3 Å². The van der Waals surface area contributed by atoms with Gasteiger partial charge < -0.3 is 9.47 Å². The van der Waals surface area contributed by atoms with E-state index in [0.29, 0.717) is 45.9 Å². The molecule has 7 heteroatoms. The Balaban J connectivity index is 1.72. The number of thioether (sulfide) groups is 1. The molecule has 2 aromatic carbocycles. The fourth-order valence-corrected chi connectivity index (χ4v) is 4.53. The van der Waals surface area contributed by atoms with Gasteiger partial charge in [0.25, 0.3) is 5.56 Å². The number of hydrogen-bond donors (Lipinski definition) is 0. The quantitative estimate of drug-likeness (QED) is 0.439. The molecule has 0 atom stereocenters. The van der Waals surface area contributed by atoms with Crippen LogP contribution in [0.1, 0.15) is 25.0 Å². The lowest BCUT2D eigenvalue weighted by atomic mass is 10.1. The lowest BCUT2D eigenvalue weighted by molar-refractivity contribution is -0.0168. The molecule has 2 heterocycles. The Morgan fingerprint density at radius 1 is 1.29 bits per heavy atom. The van der Waals surface area contributed by atoms with Crippen LogP contribution in [0.5, 0.6) is 5.75 Å². The fraction of sp³-hybridized carbons (Fsp3) is 0.333. The molecule has 28 heavy (non-hydrogen) atoms. The van der Waals surface area contributed by atoms with Crippen molar-refractivity contribution in [3.05, 3.63) is 62.9 Å². The average Bonchev–Trinajstić information content (AvgIpc) is 2.68. The van der Waals surface area contributed by atoms with Crippen molar-refractivity contribution < 1.29 is 9.47 Å². The molecular weight excluding hydrogens is 396 g/mol. The molecule has 0 bridgehead atoms. The molecule has 0 unspecified atom stereocenters. The third-order valence-corrected chi connectivity index (χ3v) is 5.73. The van der Waals surface area contributed by atoms with Gasteiger partial charge in [0.05, 0.1) is 17.5 Å². The summed E-state index contributed by atoms with van der Waals surface area (Å²) < 4.78 is 12.8. The van der Waals surface area contributed by atoms with Gasteiger partial charge in [-0.1, -0.05) is 49.3 Å². The predicted octanol–water partition coefficient (Wildman–Crippen LogP) is 4.86. The molecule has 0 spiro atoms. The van der Waals surface area contributed by atoms with Crippen LogP contribution in [0.3, 0.4) is 0 Å². The standard InChI is InChI=1S/C21H21ClN2O3S/c1-13(2)9-24-20(25)17-5-3-4-6-18(17)23-21(24)28-11-15-8-16(22)7-14-10-26-12-27-19(14)15/h3-8,13H,9-12H2,1-2H3. The van der Waals surface area contributed by atoms with Crippen molar-refractivity contribution in [2.24, 2.45) is 5.92 Å². The molecule has 3 aromatic rings. The number of nitrogens with zero attached hydrogens (tertiary/aromatic N) is 2. The lowest BCUT2D eigenvalue weighted by Crippen LogP contribution is -2.25. The normalized spacial score (nSPS) is 13.6. The fourth-order valence-electron chi connectivity index (χ4n) is 3.29. The van der Waals surface area contributed by atoms with Crippen LogP contribution in [0, 0.1) is 5.92 Å². The molecule has 146 valence electrons. The minimum atomic E-state index is -0.000395. The summed E-state index contributed by atoms with van der Waals surface area (Å²) in [5.41, 5.74) is 2.64. The zero-order valence-electron chi connectivity index (χ0n) is 15.8. The summed E-state index contributed by atoms with van der Waals surface area (Å²) >= 11 is 7.80. The molecule has 0 amide bonds.